The van der Waals surface area contributed by atoms with Gasteiger partial charge in [0.25, 0.3) is 17.4 Å². The van der Waals surface area contributed by atoms with Crippen LogP contribution in [0.25, 0.3) is 0 Å². The summed E-state index contributed by atoms with van der Waals surface area (Å²) in [7, 11) is 1.45. The highest BCUT2D eigenvalue weighted by Crippen LogP contribution is 2.56. The molecular weight excluding hydrogens is 460 g/mol. The fourth-order valence-corrected chi connectivity index (χ4v) is 5.21. The van der Waals surface area contributed by atoms with Crippen molar-refractivity contribution in [2.45, 2.75) is 70.7 Å². The third-order valence-electron chi connectivity index (χ3n) is 6.79. The molecule has 2 aliphatic carbocycles. The smallest absolute Gasteiger partial charge is 0.407 e. The number of ether oxygens (including phenoxy) is 1. The second kappa shape index (κ2) is 9.79. The highest BCUT2D eigenvalue weighted by atomic mass is 16.6. The Bertz CT molecular complexity index is 1200. The highest BCUT2D eigenvalue weighted by molar-refractivity contribution is 5.99. The summed E-state index contributed by atoms with van der Waals surface area (Å²) < 4.78 is 6.72. The molecule has 0 radical (unpaired) electrons. The minimum Gasteiger partial charge on any atom is -0.444 e. The van der Waals surface area contributed by atoms with Gasteiger partial charge in [-0.3, -0.25) is 14.4 Å². The van der Waals surface area contributed by atoms with Gasteiger partial charge >= 0.3 is 6.09 Å². The molecular formula is C27H34N4O5. The molecule has 1 aromatic carbocycles. The molecule has 0 saturated heterocycles. The average molecular weight is 495 g/mol. The van der Waals surface area contributed by atoms with Crippen LogP contribution in [0.4, 0.5) is 4.79 Å². The molecule has 36 heavy (non-hydrogen) atoms. The fourth-order valence-electron chi connectivity index (χ4n) is 5.21. The number of nitrogens with one attached hydrogen (secondary N) is 3. The predicted molar refractivity (Wildman–Crippen MR) is 135 cm³/mol. The Kier molecular flexibility index (Phi) is 6.93. The number of nitrogens with zero attached hydrogens (tertiary/aromatic N) is 1. The molecule has 3 amide bonds. The summed E-state index contributed by atoms with van der Waals surface area (Å²) in [5.41, 5.74) is 0.246. The quantitative estimate of drug-likeness (QED) is 0.571. The lowest BCUT2D eigenvalue weighted by molar-refractivity contribution is -0.0307. The zero-order valence-corrected chi connectivity index (χ0v) is 21.2. The van der Waals surface area contributed by atoms with E-state index >= 15 is 0 Å². The molecule has 9 heteroatoms. The Hall–Kier alpha value is -3.62. The molecule has 2 saturated carbocycles. The first-order valence-electron chi connectivity index (χ1n) is 12.3. The summed E-state index contributed by atoms with van der Waals surface area (Å²) in [5, 5.41) is 8.43. The van der Waals surface area contributed by atoms with E-state index in [-0.39, 0.29) is 41.1 Å². The topological polar surface area (TPSA) is 119 Å². The Labute approximate surface area is 210 Å². The van der Waals surface area contributed by atoms with Gasteiger partial charge in [0.05, 0.1) is 12.1 Å². The Morgan fingerprint density at radius 2 is 1.61 bits per heavy atom. The zero-order chi connectivity index (χ0) is 26.1. The van der Waals surface area contributed by atoms with Crippen LogP contribution in [0.3, 0.4) is 0 Å². The number of hydrogen-bond acceptors (Lipinski definition) is 5. The number of alkyl carbamates (subject to hydrolysis) is 1. The lowest BCUT2D eigenvalue weighted by Gasteiger charge is -2.57. The van der Waals surface area contributed by atoms with Crippen molar-refractivity contribution >= 4 is 17.9 Å². The van der Waals surface area contributed by atoms with Crippen molar-refractivity contribution in [3.63, 3.8) is 0 Å². The van der Waals surface area contributed by atoms with Crippen molar-refractivity contribution < 1.29 is 19.1 Å². The first kappa shape index (κ1) is 25.5. The summed E-state index contributed by atoms with van der Waals surface area (Å²) in [6, 6.07) is 10.9. The molecule has 4 rings (SSSR count). The molecule has 0 bridgehead atoms. The van der Waals surface area contributed by atoms with E-state index < -0.39 is 23.2 Å². The molecule has 1 spiro atoms. The third kappa shape index (κ3) is 5.78. The van der Waals surface area contributed by atoms with Gasteiger partial charge in [-0.1, -0.05) is 30.3 Å². The number of rotatable bonds is 6. The van der Waals surface area contributed by atoms with Gasteiger partial charge in [0, 0.05) is 25.3 Å². The van der Waals surface area contributed by atoms with Crippen LogP contribution in [0, 0.1) is 5.41 Å². The molecule has 2 fully saturated rings. The number of carbonyl (C=O) groups is 3. The molecule has 0 aliphatic heterocycles. The maximum Gasteiger partial charge on any atom is 0.407 e. The normalized spacial score (nSPS) is 22.7. The number of pyridine rings is 1. The van der Waals surface area contributed by atoms with Gasteiger partial charge < -0.3 is 25.3 Å². The van der Waals surface area contributed by atoms with Crippen molar-refractivity contribution in [3.8, 4) is 0 Å². The van der Waals surface area contributed by atoms with Gasteiger partial charge in [-0.05, 0) is 63.5 Å². The van der Waals surface area contributed by atoms with Gasteiger partial charge in [-0.2, -0.15) is 0 Å². The summed E-state index contributed by atoms with van der Waals surface area (Å²) in [5.74, 6) is -0.846. The van der Waals surface area contributed by atoms with Gasteiger partial charge in [-0.15, -0.1) is 0 Å². The SMILES string of the molecule is CNC(=O)c1cc(C(=O)NC2CC3(CC(NC(=O)OC(C)(C)C)C3)C2)cn(Cc2ccccc2)c1=O. The molecule has 9 nitrogen and oxygen atoms in total. The minimum absolute atomic E-state index is 0.0120. The van der Waals surface area contributed by atoms with Crippen molar-refractivity contribution in [2.75, 3.05) is 7.05 Å². The van der Waals surface area contributed by atoms with E-state index in [4.69, 9.17) is 4.74 Å². The summed E-state index contributed by atoms with van der Waals surface area (Å²) >= 11 is 0. The molecule has 1 heterocycles. The predicted octanol–water partition coefficient (Wildman–Crippen LogP) is 2.82. The average Bonchev–Trinajstić information content (AvgIpc) is 2.76. The first-order valence-corrected chi connectivity index (χ1v) is 12.3. The Morgan fingerprint density at radius 3 is 2.19 bits per heavy atom. The Balaban J connectivity index is 1.37. The van der Waals surface area contributed by atoms with Crippen LogP contribution >= 0.6 is 0 Å². The van der Waals surface area contributed by atoms with Crippen LogP contribution in [0.1, 0.15) is 72.7 Å². The number of benzene rings is 1. The molecule has 0 atom stereocenters. The summed E-state index contributed by atoms with van der Waals surface area (Å²) in [6.45, 7) is 5.75. The standard InChI is InChI=1S/C27H34N4O5/c1-26(2,3)36-25(35)30-20-13-27(14-20)11-19(12-27)29-22(32)18-10-21(23(33)28-4)24(34)31(16-18)15-17-8-6-5-7-9-17/h5-10,16,19-20H,11-15H2,1-4H3,(H,28,33)(H,29,32)(H,30,35). The van der Waals surface area contributed by atoms with Gasteiger partial charge in [0.15, 0.2) is 0 Å². The van der Waals surface area contributed by atoms with E-state index in [2.05, 4.69) is 16.0 Å². The molecule has 2 aliphatic rings. The first-order chi connectivity index (χ1) is 17.0. The van der Waals surface area contributed by atoms with E-state index in [0.29, 0.717) is 0 Å². The van der Waals surface area contributed by atoms with Crippen molar-refractivity contribution in [3.05, 3.63) is 69.6 Å². The van der Waals surface area contributed by atoms with E-state index in [9.17, 15) is 19.2 Å². The summed E-state index contributed by atoms with van der Waals surface area (Å²) in [6.07, 6.45) is 4.50. The molecule has 192 valence electrons. The largest absolute Gasteiger partial charge is 0.444 e. The second-order valence-corrected chi connectivity index (χ2v) is 11.0. The lowest BCUT2D eigenvalue weighted by atomic mass is 9.52. The monoisotopic (exact) mass is 494 g/mol. The van der Waals surface area contributed by atoms with E-state index in [1.165, 1.54) is 23.9 Å². The molecule has 1 aromatic heterocycles. The van der Waals surface area contributed by atoms with Crippen molar-refractivity contribution in [1.29, 1.82) is 0 Å². The Morgan fingerprint density at radius 1 is 1.00 bits per heavy atom. The number of carbonyl (C=O) groups excluding carboxylic acids is 3. The van der Waals surface area contributed by atoms with Crippen LogP contribution in [-0.2, 0) is 11.3 Å². The van der Waals surface area contributed by atoms with Crippen molar-refractivity contribution in [2.24, 2.45) is 5.41 Å². The molecule has 0 unspecified atom stereocenters. The van der Waals surface area contributed by atoms with Crippen LogP contribution in [0.15, 0.2) is 47.4 Å². The minimum atomic E-state index is -0.531. The lowest BCUT2D eigenvalue weighted by Crippen LogP contribution is -2.61. The third-order valence-corrected chi connectivity index (χ3v) is 6.79. The van der Waals surface area contributed by atoms with Gasteiger partial charge in [0.1, 0.15) is 11.2 Å². The van der Waals surface area contributed by atoms with E-state index in [1.54, 1.807) is 0 Å². The number of amides is 3. The van der Waals surface area contributed by atoms with Gasteiger partial charge in [0.2, 0.25) is 0 Å². The van der Waals surface area contributed by atoms with Crippen LogP contribution < -0.4 is 21.5 Å². The molecule has 2 aromatic rings. The van der Waals surface area contributed by atoms with Crippen LogP contribution in [-0.4, -0.2) is 47.2 Å². The van der Waals surface area contributed by atoms with Crippen LogP contribution in [0.2, 0.25) is 0 Å². The maximum atomic E-state index is 13.1. The van der Waals surface area contributed by atoms with E-state index in [0.717, 1.165) is 31.2 Å². The van der Waals surface area contributed by atoms with Crippen molar-refractivity contribution in [1.82, 2.24) is 20.5 Å². The number of aromatic nitrogens is 1. The molecule has 3 N–H and O–H groups in total. The highest BCUT2D eigenvalue weighted by Gasteiger charge is 2.53. The van der Waals surface area contributed by atoms with Crippen LogP contribution in [0.5, 0.6) is 0 Å². The van der Waals surface area contributed by atoms with Gasteiger partial charge in [-0.25, -0.2) is 4.79 Å². The zero-order valence-electron chi connectivity index (χ0n) is 21.2. The number of hydrogen-bond donors (Lipinski definition) is 3. The second-order valence-electron chi connectivity index (χ2n) is 11.0. The summed E-state index contributed by atoms with van der Waals surface area (Å²) in [4.78, 5) is 50.2. The fraction of sp³-hybridized carbons (Fsp3) is 0.481. The maximum absolute atomic E-state index is 13.1. The van der Waals surface area contributed by atoms with E-state index in [1.807, 2.05) is 51.1 Å².